The Bertz CT molecular complexity index is 975. The third-order valence-electron chi connectivity index (χ3n) is 5.35. The highest BCUT2D eigenvalue weighted by atomic mass is 16.5. The van der Waals surface area contributed by atoms with Crippen LogP contribution in [-0.4, -0.2) is 54.1 Å². The lowest BCUT2D eigenvalue weighted by atomic mass is 10.2. The number of nitrogens with zero attached hydrogens (tertiary/aromatic N) is 3. The minimum absolute atomic E-state index is 0.127. The zero-order valence-electron chi connectivity index (χ0n) is 16.4. The van der Waals surface area contributed by atoms with E-state index in [4.69, 9.17) is 4.74 Å². The van der Waals surface area contributed by atoms with E-state index >= 15 is 0 Å². The summed E-state index contributed by atoms with van der Waals surface area (Å²) in [4.78, 5) is 28.5. The average Bonchev–Trinajstić information content (AvgIpc) is 3.20. The lowest BCUT2D eigenvalue weighted by Gasteiger charge is -2.36. The molecule has 1 fully saturated rings. The van der Waals surface area contributed by atoms with Crippen LogP contribution in [0.2, 0.25) is 0 Å². The molecule has 1 aromatic heterocycles. The molecule has 1 amide bonds. The molecule has 0 N–H and O–H groups in total. The van der Waals surface area contributed by atoms with Gasteiger partial charge in [0.1, 0.15) is 0 Å². The standard InChI is InChI=1S/C23H25N3O3/c27-22(26-16-14-24(15-17-26)20-7-2-1-3-8-20)18-29-23(28)11-13-25-12-10-19-6-4-5-9-21(19)25/h1-10,12H,11,13-18H2. The summed E-state index contributed by atoms with van der Waals surface area (Å²) < 4.78 is 7.25. The number of hydrogen-bond acceptors (Lipinski definition) is 4. The van der Waals surface area contributed by atoms with Crippen LogP contribution in [0.25, 0.3) is 10.9 Å². The smallest absolute Gasteiger partial charge is 0.308 e. The van der Waals surface area contributed by atoms with Crippen molar-refractivity contribution in [1.29, 1.82) is 0 Å². The third-order valence-corrected chi connectivity index (χ3v) is 5.35. The molecule has 1 aliphatic rings. The first-order valence-corrected chi connectivity index (χ1v) is 9.98. The molecule has 0 unspecified atom stereocenters. The molecule has 6 nitrogen and oxygen atoms in total. The molecule has 0 radical (unpaired) electrons. The quantitative estimate of drug-likeness (QED) is 0.607. The molecule has 1 aliphatic heterocycles. The van der Waals surface area contributed by atoms with Gasteiger partial charge >= 0.3 is 5.97 Å². The number of aryl methyl sites for hydroxylation is 1. The molecule has 0 bridgehead atoms. The molecule has 4 rings (SSSR count). The van der Waals surface area contributed by atoms with E-state index in [9.17, 15) is 9.59 Å². The summed E-state index contributed by atoms with van der Waals surface area (Å²) in [5.74, 6) is -0.475. The molecule has 1 saturated heterocycles. The summed E-state index contributed by atoms with van der Waals surface area (Å²) in [5.41, 5.74) is 2.26. The molecule has 3 aromatic rings. The van der Waals surface area contributed by atoms with Gasteiger partial charge in [0.2, 0.25) is 0 Å². The van der Waals surface area contributed by atoms with Gasteiger partial charge in [-0.05, 0) is 29.7 Å². The minimum atomic E-state index is -0.348. The number of rotatable bonds is 6. The number of hydrogen-bond donors (Lipinski definition) is 0. The van der Waals surface area contributed by atoms with E-state index in [0.717, 1.165) is 24.0 Å². The first-order chi connectivity index (χ1) is 14.2. The second-order valence-electron chi connectivity index (χ2n) is 7.18. The van der Waals surface area contributed by atoms with E-state index in [1.165, 1.54) is 5.69 Å². The van der Waals surface area contributed by atoms with E-state index < -0.39 is 0 Å². The summed E-state index contributed by atoms with van der Waals surface area (Å²) in [5, 5.41) is 1.14. The maximum absolute atomic E-state index is 12.4. The summed E-state index contributed by atoms with van der Waals surface area (Å²) >= 11 is 0. The van der Waals surface area contributed by atoms with Crippen molar-refractivity contribution in [1.82, 2.24) is 9.47 Å². The summed E-state index contributed by atoms with van der Waals surface area (Å²) in [6.07, 6.45) is 2.21. The van der Waals surface area contributed by atoms with Crippen LogP contribution in [0.5, 0.6) is 0 Å². The predicted molar refractivity (Wildman–Crippen MR) is 113 cm³/mol. The monoisotopic (exact) mass is 391 g/mol. The van der Waals surface area contributed by atoms with Gasteiger partial charge in [-0.1, -0.05) is 36.4 Å². The number of aromatic nitrogens is 1. The van der Waals surface area contributed by atoms with Crippen LogP contribution in [0.3, 0.4) is 0 Å². The zero-order valence-corrected chi connectivity index (χ0v) is 16.4. The van der Waals surface area contributed by atoms with E-state index in [-0.39, 0.29) is 24.9 Å². The van der Waals surface area contributed by atoms with Gasteiger partial charge in [-0.25, -0.2) is 0 Å². The maximum atomic E-state index is 12.4. The highest BCUT2D eigenvalue weighted by Gasteiger charge is 2.22. The number of fused-ring (bicyclic) bond motifs is 1. The second-order valence-corrected chi connectivity index (χ2v) is 7.18. The van der Waals surface area contributed by atoms with Crippen molar-refractivity contribution in [3.05, 3.63) is 66.9 Å². The first-order valence-electron chi connectivity index (χ1n) is 9.98. The molecule has 0 saturated carbocycles. The molecule has 0 spiro atoms. The number of para-hydroxylation sites is 2. The highest BCUT2D eigenvalue weighted by Crippen LogP contribution is 2.16. The largest absolute Gasteiger partial charge is 0.456 e. The van der Waals surface area contributed by atoms with Crippen molar-refractivity contribution in [3.8, 4) is 0 Å². The number of ether oxygens (including phenoxy) is 1. The van der Waals surface area contributed by atoms with Crippen molar-refractivity contribution in [2.45, 2.75) is 13.0 Å². The van der Waals surface area contributed by atoms with Crippen LogP contribution in [0, 0.1) is 0 Å². The van der Waals surface area contributed by atoms with Crippen LogP contribution >= 0.6 is 0 Å². The van der Waals surface area contributed by atoms with Crippen LogP contribution in [0.1, 0.15) is 6.42 Å². The molecule has 0 aliphatic carbocycles. The van der Waals surface area contributed by atoms with Crippen molar-refractivity contribution in [2.75, 3.05) is 37.7 Å². The molecule has 0 atom stereocenters. The number of carbonyl (C=O) groups excluding carboxylic acids is 2. The van der Waals surface area contributed by atoms with Gasteiger partial charge in [-0.3, -0.25) is 9.59 Å². The van der Waals surface area contributed by atoms with Gasteiger partial charge in [-0.15, -0.1) is 0 Å². The fourth-order valence-electron chi connectivity index (χ4n) is 3.71. The Morgan fingerprint density at radius 1 is 0.862 bits per heavy atom. The fourth-order valence-corrected chi connectivity index (χ4v) is 3.71. The number of piperazine rings is 1. The SMILES string of the molecule is O=C(CCn1ccc2ccccc21)OCC(=O)N1CCN(c2ccccc2)CC1. The molecule has 29 heavy (non-hydrogen) atoms. The Balaban J connectivity index is 1.20. The van der Waals surface area contributed by atoms with Gasteiger partial charge in [0.25, 0.3) is 5.91 Å². The number of carbonyl (C=O) groups is 2. The molecule has 6 heteroatoms. The Kier molecular flexibility index (Phi) is 5.79. The summed E-state index contributed by atoms with van der Waals surface area (Å²) in [6, 6.07) is 20.3. The van der Waals surface area contributed by atoms with Crippen LogP contribution < -0.4 is 4.90 Å². The van der Waals surface area contributed by atoms with Crippen LogP contribution in [-0.2, 0) is 20.9 Å². The van der Waals surface area contributed by atoms with Crippen LogP contribution in [0.4, 0.5) is 5.69 Å². The van der Waals surface area contributed by atoms with Gasteiger partial charge in [-0.2, -0.15) is 0 Å². The molecular weight excluding hydrogens is 366 g/mol. The van der Waals surface area contributed by atoms with Crippen molar-refractivity contribution >= 4 is 28.5 Å². The van der Waals surface area contributed by atoms with Crippen molar-refractivity contribution in [3.63, 3.8) is 0 Å². The molecule has 2 heterocycles. The molecular formula is C23H25N3O3. The average molecular weight is 391 g/mol. The first kappa shape index (κ1) is 19.1. The topological polar surface area (TPSA) is 54.8 Å². The Labute approximate surface area is 170 Å². The summed E-state index contributed by atoms with van der Waals surface area (Å²) in [6.45, 7) is 3.20. The van der Waals surface area contributed by atoms with E-state index in [1.807, 2.05) is 59.3 Å². The van der Waals surface area contributed by atoms with Crippen molar-refractivity contribution in [2.24, 2.45) is 0 Å². The molecule has 2 aromatic carbocycles. The Morgan fingerprint density at radius 2 is 1.59 bits per heavy atom. The van der Waals surface area contributed by atoms with E-state index in [2.05, 4.69) is 17.0 Å². The number of anilines is 1. The maximum Gasteiger partial charge on any atom is 0.308 e. The highest BCUT2D eigenvalue weighted by molar-refractivity contribution is 5.82. The van der Waals surface area contributed by atoms with Gasteiger partial charge in [0, 0.05) is 50.1 Å². The van der Waals surface area contributed by atoms with Gasteiger partial charge in [0.15, 0.2) is 6.61 Å². The third kappa shape index (κ3) is 4.59. The Hall–Kier alpha value is -3.28. The predicted octanol–water partition coefficient (Wildman–Crippen LogP) is 2.92. The van der Waals surface area contributed by atoms with Gasteiger partial charge in [0.05, 0.1) is 6.42 Å². The fraction of sp³-hybridized carbons (Fsp3) is 0.304. The number of amides is 1. The molecule has 150 valence electrons. The van der Waals surface area contributed by atoms with E-state index in [1.54, 1.807) is 4.90 Å². The van der Waals surface area contributed by atoms with Crippen LogP contribution in [0.15, 0.2) is 66.9 Å². The Morgan fingerprint density at radius 3 is 2.38 bits per heavy atom. The normalized spacial score (nSPS) is 14.2. The summed E-state index contributed by atoms with van der Waals surface area (Å²) in [7, 11) is 0. The lowest BCUT2D eigenvalue weighted by Crippen LogP contribution is -2.49. The second kappa shape index (κ2) is 8.82. The van der Waals surface area contributed by atoms with E-state index in [0.29, 0.717) is 19.6 Å². The lowest BCUT2D eigenvalue weighted by molar-refractivity contribution is -0.152. The van der Waals surface area contributed by atoms with Gasteiger partial charge < -0.3 is 19.1 Å². The minimum Gasteiger partial charge on any atom is -0.456 e. The number of esters is 1. The number of benzene rings is 2. The zero-order chi connectivity index (χ0) is 20.1. The van der Waals surface area contributed by atoms with Crippen molar-refractivity contribution < 1.29 is 14.3 Å².